The number of carbonyl (C=O) groups excluding carboxylic acids is 2. The first-order valence-corrected chi connectivity index (χ1v) is 10.7. The second kappa shape index (κ2) is 9.94. The average molecular weight is 485 g/mol. The van der Waals surface area contributed by atoms with Gasteiger partial charge in [0.05, 0.1) is 11.6 Å². The largest absolute Gasteiger partial charge is 0.507 e. The summed E-state index contributed by atoms with van der Waals surface area (Å²) in [6.45, 7) is 4.95. The minimum atomic E-state index is -0.684. The molecule has 1 fully saturated rings. The summed E-state index contributed by atoms with van der Waals surface area (Å²) in [6, 6.07) is 13.5. The van der Waals surface area contributed by atoms with Crippen molar-refractivity contribution < 1.29 is 19.4 Å². The fourth-order valence-electron chi connectivity index (χ4n) is 3.43. The van der Waals surface area contributed by atoms with Gasteiger partial charge in [0, 0.05) is 23.1 Å². The van der Waals surface area contributed by atoms with Gasteiger partial charge in [0.1, 0.15) is 18.1 Å². The van der Waals surface area contributed by atoms with Crippen LogP contribution in [0.4, 0.5) is 0 Å². The standard InChI is InChI=1S/C24H25BrN2O4/c1-4-15-31-19-11-7-16(8-12-19)21-20(22(28)17-5-9-18(25)10-6-17)23(29)24(30)27(21)14-13-26(2)3/h4-12,21,28H,1,13-15H2,2-3H3/t21-/m1/s1. The van der Waals surface area contributed by atoms with E-state index in [1.165, 1.54) is 4.90 Å². The molecule has 1 heterocycles. The molecular formula is C24H25BrN2O4. The summed E-state index contributed by atoms with van der Waals surface area (Å²) in [5.41, 5.74) is 1.29. The van der Waals surface area contributed by atoms with E-state index in [1.807, 2.05) is 31.1 Å². The first kappa shape index (κ1) is 22.8. The molecule has 1 amide bonds. The molecule has 0 aromatic heterocycles. The van der Waals surface area contributed by atoms with E-state index in [-0.39, 0.29) is 11.3 Å². The number of hydrogen-bond donors (Lipinski definition) is 1. The molecule has 1 atom stereocenters. The first-order valence-electron chi connectivity index (χ1n) is 9.86. The maximum absolute atomic E-state index is 13.0. The molecule has 1 saturated heterocycles. The maximum Gasteiger partial charge on any atom is 0.295 e. The molecule has 1 aliphatic heterocycles. The van der Waals surface area contributed by atoms with Crippen molar-refractivity contribution in [3.8, 4) is 5.75 Å². The summed E-state index contributed by atoms with van der Waals surface area (Å²) in [6.07, 6.45) is 1.66. The predicted molar refractivity (Wildman–Crippen MR) is 124 cm³/mol. The molecule has 0 unspecified atom stereocenters. The highest BCUT2D eigenvalue weighted by atomic mass is 79.9. The zero-order valence-electron chi connectivity index (χ0n) is 17.5. The van der Waals surface area contributed by atoms with Crippen molar-refractivity contribution >= 4 is 33.4 Å². The lowest BCUT2D eigenvalue weighted by Crippen LogP contribution is -2.35. The number of ether oxygens (including phenoxy) is 1. The average Bonchev–Trinajstić information content (AvgIpc) is 3.01. The summed E-state index contributed by atoms with van der Waals surface area (Å²) in [5.74, 6) is -0.828. The molecule has 0 aliphatic carbocycles. The number of nitrogens with zero attached hydrogens (tertiary/aromatic N) is 2. The first-order chi connectivity index (χ1) is 14.8. The third kappa shape index (κ3) is 5.06. The summed E-state index contributed by atoms with van der Waals surface area (Å²) >= 11 is 3.37. The van der Waals surface area contributed by atoms with Gasteiger partial charge < -0.3 is 19.6 Å². The summed E-state index contributed by atoms with van der Waals surface area (Å²) < 4.78 is 6.39. The Kier molecular flexibility index (Phi) is 7.30. The third-order valence-corrected chi connectivity index (χ3v) is 5.54. The van der Waals surface area contributed by atoms with Gasteiger partial charge in [0.2, 0.25) is 0 Å². The van der Waals surface area contributed by atoms with Gasteiger partial charge in [0.15, 0.2) is 0 Å². The number of benzene rings is 2. The molecule has 1 aliphatic rings. The zero-order valence-corrected chi connectivity index (χ0v) is 19.1. The highest BCUT2D eigenvalue weighted by Crippen LogP contribution is 2.39. The monoisotopic (exact) mass is 484 g/mol. The molecule has 0 bridgehead atoms. The van der Waals surface area contributed by atoms with Gasteiger partial charge in [-0.25, -0.2) is 0 Å². The van der Waals surface area contributed by atoms with Crippen molar-refractivity contribution in [1.29, 1.82) is 0 Å². The Morgan fingerprint density at radius 1 is 1.16 bits per heavy atom. The fourth-order valence-corrected chi connectivity index (χ4v) is 3.69. The predicted octanol–water partition coefficient (Wildman–Crippen LogP) is 4.00. The highest BCUT2D eigenvalue weighted by Gasteiger charge is 2.45. The van der Waals surface area contributed by atoms with Gasteiger partial charge >= 0.3 is 0 Å². The van der Waals surface area contributed by atoms with Gasteiger partial charge in [0.25, 0.3) is 11.7 Å². The minimum absolute atomic E-state index is 0.0887. The van der Waals surface area contributed by atoms with E-state index >= 15 is 0 Å². The van der Waals surface area contributed by atoms with Gasteiger partial charge in [-0.05, 0) is 43.9 Å². The number of hydrogen-bond acceptors (Lipinski definition) is 5. The zero-order chi connectivity index (χ0) is 22.5. The molecule has 162 valence electrons. The Balaban J connectivity index is 2.07. The van der Waals surface area contributed by atoms with E-state index in [9.17, 15) is 14.7 Å². The van der Waals surface area contributed by atoms with Crippen LogP contribution in [0.2, 0.25) is 0 Å². The van der Waals surface area contributed by atoms with Gasteiger partial charge in [-0.3, -0.25) is 9.59 Å². The number of aliphatic hydroxyl groups excluding tert-OH is 1. The fraction of sp³-hybridized carbons (Fsp3) is 0.250. The SMILES string of the molecule is C=CCOc1ccc([C@@H]2C(=C(O)c3ccc(Br)cc3)C(=O)C(=O)N2CCN(C)C)cc1. The lowest BCUT2D eigenvalue weighted by molar-refractivity contribution is -0.140. The van der Waals surface area contributed by atoms with Gasteiger partial charge in [-0.2, -0.15) is 0 Å². The van der Waals surface area contributed by atoms with Crippen LogP contribution in [0.1, 0.15) is 17.2 Å². The van der Waals surface area contributed by atoms with Crippen LogP contribution in [0.25, 0.3) is 5.76 Å². The molecule has 0 spiro atoms. The van der Waals surface area contributed by atoms with E-state index in [2.05, 4.69) is 22.5 Å². The number of amides is 1. The Labute approximate surface area is 190 Å². The summed E-state index contributed by atoms with van der Waals surface area (Å²) in [5, 5.41) is 11.0. The van der Waals surface area contributed by atoms with Crippen LogP contribution in [0.5, 0.6) is 5.75 Å². The smallest absolute Gasteiger partial charge is 0.295 e. The van der Waals surface area contributed by atoms with Crippen LogP contribution in [0, 0.1) is 0 Å². The van der Waals surface area contributed by atoms with Crippen LogP contribution in [-0.2, 0) is 9.59 Å². The van der Waals surface area contributed by atoms with Crippen molar-refractivity contribution in [1.82, 2.24) is 9.80 Å². The lowest BCUT2D eigenvalue weighted by Gasteiger charge is -2.26. The van der Waals surface area contributed by atoms with Crippen LogP contribution in [0.15, 0.2) is 71.2 Å². The molecule has 6 nitrogen and oxygen atoms in total. The summed E-state index contributed by atoms with van der Waals surface area (Å²) in [4.78, 5) is 29.3. The number of rotatable bonds is 8. The maximum atomic E-state index is 13.0. The number of likely N-dealkylation sites (tertiary alicyclic amines) is 1. The quantitative estimate of drug-likeness (QED) is 0.265. The Bertz CT molecular complexity index is 997. The molecule has 2 aromatic carbocycles. The van der Waals surface area contributed by atoms with E-state index in [1.54, 1.807) is 42.5 Å². The second-order valence-electron chi connectivity index (χ2n) is 7.47. The number of halogens is 1. The van der Waals surface area contributed by atoms with Crippen LogP contribution in [-0.4, -0.2) is 60.4 Å². The Morgan fingerprint density at radius 3 is 2.39 bits per heavy atom. The van der Waals surface area contributed by atoms with E-state index in [4.69, 9.17) is 4.74 Å². The van der Waals surface area contributed by atoms with Crippen molar-refractivity contribution in [3.05, 3.63) is 82.4 Å². The van der Waals surface area contributed by atoms with E-state index < -0.39 is 17.7 Å². The molecule has 0 radical (unpaired) electrons. The molecular weight excluding hydrogens is 460 g/mol. The molecule has 3 rings (SSSR count). The molecule has 7 heteroatoms. The molecule has 31 heavy (non-hydrogen) atoms. The third-order valence-electron chi connectivity index (χ3n) is 5.01. The van der Waals surface area contributed by atoms with E-state index in [0.29, 0.717) is 31.0 Å². The summed E-state index contributed by atoms with van der Waals surface area (Å²) in [7, 11) is 3.80. The number of ketones is 1. The van der Waals surface area contributed by atoms with E-state index in [0.717, 1.165) is 10.0 Å². The Morgan fingerprint density at radius 2 is 1.81 bits per heavy atom. The van der Waals surface area contributed by atoms with Crippen molar-refractivity contribution in [2.24, 2.45) is 0 Å². The van der Waals surface area contributed by atoms with Crippen molar-refractivity contribution in [2.45, 2.75) is 6.04 Å². The van der Waals surface area contributed by atoms with Crippen molar-refractivity contribution in [3.63, 3.8) is 0 Å². The normalized spacial score (nSPS) is 17.9. The number of likely N-dealkylation sites (N-methyl/N-ethyl adjacent to an activating group) is 1. The van der Waals surface area contributed by atoms with Crippen LogP contribution < -0.4 is 4.74 Å². The second-order valence-corrected chi connectivity index (χ2v) is 8.39. The van der Waals surface area contributed by atoms with Crippen LogP contribution in [0.3, 0.4) is 0 Å². The topological polar surface area (TPSA) is 70.1 Å². The molecule has 1 N–H and O–H groups in total. The highest BCUT2D eigenvalue weighted by molar-refractivity contribution is 9.10. The molecule has 2 aromatic rings. The van der Waals surface area contributed by atoms with Crippen LogP contribution >= 0.6 is 15.9 Å². The molecule has 0 saturated carbocycles. The lowest BCUT2D eigenvalue weighted by atomic mass is 9.95. The van der Waals surface area contributed by atoms with Crippen molar-refractivity contribution in [2.75, 3.05) is 33.8 Å². The number of aliphatic hydroxyl groups is 1. The van der Waals surface area contributed by atoms with Gasteiger partial charge in [-0.15, -0.1) is 0 Å². The number of carbonyl (C=O) groups is 2. The Hall–Kier alpha value is -2.90. The van der Waals surface area contributed by atoms with Gasteiger partial charge in [-0.1, -0.05) is 52.9 Å². The minimum Gasteiger partial charge on any atom is -0.507 e. The number of Topliss-reactive ketones (excluding diaryl/α,β-unsaturated/α-hetero) is 1.